The second-order valence-corrected chi connectivity index (χ2v) is 7.01. The number of rotatable bonds is 5. The maximum atomic E-state index is 13.0. The standard InChI is InChI=1S/C22H19BrN2O2/c1-16(17-9-8-14-20(23)15-17)24-25-21(26)22(27,18-10-4-2-5-11-18)19-12-6-3-7-13-19/h2-15,27H,1H3,(H,25,26)/b24-16-. The molecule has 136 valence electrons. The first-order chi connectivity index (χ1) is 13.0. The van der Waals surface area contributed by atoms with Crippen LogP contribution in [-0.2, 0) is 10.4 Å². The van der Waals surface area contributed by atoms with Crippen LogP contribution in [0.4, 0.5) is 0 Å². The smallest absolute Gasteiger partial charge is 0.281 e. The quantitative estimate of drug-likeness (QED) is 0.477. The number of aliphatic hydroxyl groups is 1. The predicted molar refractivity (Wildman–Crippen MR) is 110 cm³/mol. The van der Waals surface area contributed by atoms with E-state index in [2.05, 4.69) is 26.5 Å². The SMILES string of the molecule is C/C(=N/NC(=O)C(O)(c1ccccc1)c1ccccc1)c1cccc(Br)c1. The van der Waals surface area contributed by atoms with Crippen molar-refractivity contribution < 1.29 is 9.90 Å². The van der Waals surface area contributed by atoms with E-state index in [1.54, 1.807) is 55.5 Å². The number of nitrogens with one attached hydrogen (secondary N) is 1. The van der Waals surface area contributed by atoms with Gasteiger partial charge < -0.3 is 5.11 Å². The lowest BCUT2D eigenvalue weighted by Crippen LogP contribution is -2.43. The van der Waals surface area contributed by atoms with Gasteiger partial charge in [0.15, 0.2) is 5.60 Å². The van der Waals surface area contributed by atoms with Crippen molar-refractivity contribution in [3.05, 3.63) is 106 Å². The molecule has 0 radical (unpaired) electrons. The molecule has 0 spiro atoms. The lowest BCUT2D eigenvalue weighted by Gasteiger charge is -2.27. The molecule has 4 nitrogen and oxygen atoms in total. The summed E-state index contributed by atoms with van der Waals surface area (Å²) in [6, 6.07) is 25.3. The molecule has 0 unspecified atom stereocenters. The highest BCUT2D eigenvalue weighted by Gasteiger charge is 2.39. The van der Waals surface area contributed by atoms with Crippen molar-refractivity contribution in [3.63, 3.8) is 0 Å². The van der Waals surface area contributed by atoms with Gasteiger partial charge in [0.2, 0.25) is 0 Å². The summed E-state index contributed by atoms with van der Waals surface area (Å²) >= 11 is 3.42. The van der Waals surface area contributed by atoms with E-state index in [9.17, 15) is 9.90 Å². The lowest BCUT2D eigenvalue weighted by molar-refractivity contribution is -0.136. The highest BCUT2D eigenvalue weighted by atomic mass is 79.9. The van der Waals surface area contributed by atoms with E-state index in [1.165, 1.54) is 0 Å². The van der Waals surface area contributed by atoms with E-state index < -0.39 is 11.5 Å². The first kappa shape index (κ1) is 19.0. The molecular weight excluding hydrogens is 404 g/mol. The molecule has 3 aromatic carbocycles. The van der Waals surface area contributed by atoms with Crippen molar-refractivity contribution in [3.8, 4) is 0 Å². The maximum absolute atomic E-state index is 13.0. The summed E-state index contributed by atoms with van der Waals surface area (Å²) in [6.45, 7) is 1.80. The number of carbonyl (C=O) groups excluding carboxylic acids is 1. The summed E-state index contributed by atoms with van der Waals surface area (Å²) in [5, 5.41) is 15.6. The molecular formula is C22H19BrN2O2. The van der Waals surface area contributed by atoms with E-state index in [4.69, 9.17) is 0 Å². The summed E-state index contributed by atoms with van der Waals surface area (Å²) in [5.74, 6) is -0.616. The van der Waals surface area contributed by atoms with Crippen molar-refractivity contribution in [2.24, 2.45) is 5.10 Å². The Bertz CT molecular complexity index is 917. The van der Waals surface area contributed by atoms with E-state index in [0.29, 0.717) is 16.8 Å². The number of benzene rings is 3. The zero-order chi connectivity index (χ0) is 19.3. The highest BCUT2D eigenvalue weighted by Crippen LogP contribution is 2.29. The topological polar surface area (TPSA) is 61.7 Å². The molecule has 0 atom stereocenters. The van der Waals surface area contributed by atoms with Crippen LogP contribution < -0.4 is 5.43 Å². The summed E-state index contributed by atoms with van der Waals surface area (Å²) in [4.78, 5) is 13.0. The number of hydrogen-bond donors (Lipinski definition) is 2. The van der Waals surface area contributed by atoms with Crippen molar-refractivity contribution in [1.82, 2.24) is 5.43 Å². The Morgan fingerprint density at radius 3 is 2.00 bits per heavy atom. The summed E-state index contributed by atoms with van der Waals surface area (Å²) in [6.07, 6.45) is 0. The minimum atomic E-state index is -1.84. The Balaban J connectivity index is 1.94. The molecule has 1 amide bonds. The summed E-state index contributed by atoms with van der Waals surface area (Å²) < 4.78 is 0.922. The van der Waals surface area contributed by atoms with Gasteiger partial charge in [-0.2, -0.15) is 5.10 Å². The van der Waals surface area contributed by atoms with Crippen LogP contribution in [0, 0.1) is 0 Å². The fraction of sp³-hybridized carbons (Fsp3) is 0.0909. The fourth-order valence-electron chi connectivity index (χ4n) is 2.78. The number of hydrogen-bond acceptors (Lipinski definition) is 3. The van der Waals surface area contributed by atoms with E-state index in [1.807, 2.05) is 36.4 Å². The van der Waals surface area contributed by atoms with Crippen molar-refractivity contribution >= 4 is 27.5 Å². The molecule has 0 aliphatic rings. The zero-order valence-electron chi connectivity index (χ0n) is 14.8. The van der Waals surface area contributed by atoms with Crippen LogP contribution in [-0.4, -0.2) is 16.7 Å². The van der Waals surface area contributed by atoms with Crippen LogP contribution in [0.25, 0.3) is 0 Å². The summed E-state index contributed by atoms with van der Waals surface area (Å²) in [5.41, 5.74) is 3.13. The first-order valence-electron chi connectivity index (χ1n) is 8.46. The fourth-order valence-corrected chi connectivity index (χ4v) is 3.18. The van der Waals surface area contributed by atoms with E-state index in [0.717, 1.165) is 10.0 Å². The van der Waals surface area contributed by atoms with Gasteiger partial charge in [0, 0.05) is 4.47 Å². The third-order valence-corrected chi connectivity index (χ3v) is 4.77. The Kier molecular flexibility index (Phi) is 5.84. The van der Waals surface area contributed by atoms with Crippen LogP contribution in [0.5, 0.6) is 0 Å². The van der Waals surface area contributed by atoms with Gasteiger partial charge in [-0.15, -0.1) is 0 Å². The van der Waals surface area contributed by atoms with Gasteiger partial charge in [-0.3, -0.25) is 4.79 Å². The molecule has 0 aliphatic carbocycles. The number of nitrogens with zero attached hydrogens (tertiary/aromatic N) is 1. The first-order valence-corrected chi connectivity index (χ1v) is 9.25. The highest BCUT2D eigenvalue weighted by molar-refractivity contribution is 9.10. The van der Waals surface area contributed by atoms with Crippen LogP contribution in [0.3, 0.4) is 0 Å². The molecule has 2 N–H and O–H groups in total. The largest absolute Gasteiger partial charge is 0.372 e. The number of hydrazone groups is 1. The Hall–Kier alpha value is -2.76. The number of halogens is 1. The second-order valence-electron chi connectivity index (χ2n) is 6.09. The van der Waals surface area contributed by atoms with Gasteiger partial charge in [0.1, 0.15) is 0 Å². The van der Waals surface area contributed by atoms with Crippen LogP contribution >= 0.6 is 15.9 Å². The minimum Gasteiger partial charge on any atom is -0.372 e. The van der Waals surface area contributed by atoms with Gasteiger partial charge in [-0.1, -0.05) is 88.7 Å². The third-order valence-electron chi connectivity index (χ3n) is 4.28. The minimum absolute atomic E-state index is 0.476. The Morgan fingerprint density at radius 1 is 0.926 bits per heavy atom. The summed E-state index contributed by atoms with van der Waals surface area (Å²) in [7, 11) is 0. The lowest BCUT2D eigenvalue weighted by atomic mass is 9.85. The molecule has 0 saturated carbocycles. The third kappa shape index (κ3) is 4.15. The van der Waals surface area contributed by atoms with Crippen molar-refractivity contribution in [1.29, 1.82) is 0 Å². The van der Waals surface area contributed by atoms with E-state index in [-0.39, 0.29) is 0 Å². The van der Waals surface area contributed by atoms with Gasteiger partial charge >= 0.3 is 0 Å². The molecule has 0 aliphatic heterocycles. The number of amides is 1. The molecule has 3 rings (SSSR count). The molecule has 5 heteroatoms. The predicted octanol–water partition coefficient (Wildman–Crippen LogP) is 4.23. The molecule has 27 heavy (non-hydrogen) atoms. The average Bonchev–Trinajstić information content (AvgIpc) is 2.72. The zero-order valence-corrected chi connectivity index (χ0v) is 16.3. The van der Waals surface area contributed by atoms with Crippen molar-refractivity contribution in [2.75, 3.05) is 0 Å². The molecule has 0 bridgehead atoms. The maximum Gasteiger partial charge on any atom is 0.281 e. The number of carbonyl (C=O) groups is 1. The molecule has 0 fully saturated rings. The Morgan fingerprint density at radius 2 is 1.48 bits per heavy atom. The van der Waals surface area contributed by atoms with Gasteiger partial charge in [0.05, 0.1) is 5.71 Å². The average molecular weight is 423 g/mol. The van der Waals surface area contributed by atoms with Gasteiger partial charge in [-0.25, -0.2) is 5.43 Å². The van der Waals surface area contributed by atoms with E-state index >= 15 is 0 Å². The molecule has 0 heterocycles. The molecule has 3 aromatic rings. The molecule has 0 aromatic heterocycles. The molecule has 0 saturated heterocycles. The monoisotopic (exact) mass is 422 g/mol. The normalized spacial score (nSPS) is 11.9. The Labute approximate surface area is 166 Å². The van der Waals surface area contributed by atoms with Crippen molar-refractivity contribution in [2.45, 2.75) is 12.5 Å². The van der Waals surface area contributed by atoms with Gasteiger partial charge in [0.25, 0.3) is 5.91 Å². The van der Waals surface area contributed by atoms with Crippen LogP contribution in [0.1, 0.15) is 23.6 Å². The van der Waals surface area contributed by atoms with Crippen LogP contribution in [0.15, 0.2) is 94.5 Å². The van der Waals surface area contributed by atoms with Gasteiger partial charge in [-0.05, 0) is 35.7 Å². The second kappa shape index (κ2) is 8.29. The van der Waals surface area contributed by atoms with Crippen LogP contribution in [0.2, 0.25) is 0 Å².